The smallest absolute Gasteiger partial charge is 0.118 e. The number of benzene rings is 1. The van der Waals surface area contributed by atoms with Crippen molar-refractivity contribution in [3.63, 3.8) is 0 Å². The third-order valence-corrected chi connectivity index (χ3v) is 3.43. The predicted octanol–water partition coefficient (Wildman–Crippen LogP) is 2.22. The van der Waals surface area contributed by atoms with E-state index in [1.807, 2.05) is 24.3 Å². The van der Waals surface area contributed by atoms with Gasteiger partial charge in [0, 0.05) is 17.1 Å². The molecule has 0 aromatic heterocycles. The Labute approximate surface area is 93.1 Å². The fourth-order valence-electron chi connectivity index (χ4n) is 1.15. The van der Waals surface area contributed by atoms with Gasteiger partial charge < -0.3 is 4.74 Å². The lowest BCUT2D eigenvalue weighted by Gasteiger charge is -2.02. The molecule has 0 unspecified atom stereocenters. The summed E-state index contributed by atoms with van der Waals surface area (Å²) in [4.78, 5) is 0.827. The van der Waals surface area contributed by atoms with Crippen LogP contribution in [0.1, 0.15) is 12.8 Å². The van der Waals surface area contributed by atoms with Gasteiger partial charge in [0.05, 0.1) is 17.9 Å². The van der Waals surface area contributed by atoms with Gasteiger partial charge in [-0.2, -0.15) is 0 Å². The molecule has 1 aromatic rings. The molecule has 0 spiro atoms. The molecule has 0 saturated heterocycles. The first-order valence-electron chi connectivity index (χ1n) is 4.74. The Balaban J connectivity index is 2.55. The first kappa shape index (κ1) is 11.8. The third-order valence-electron chi connectivity index (χ3n) is 1.97. The molecule has 0 aliphatic rings. The summed E-state index contributed by atoms with van der Waals surface area (Å²) in [5.41, 5.74) is 0. The average molecular weight is 222 g/mol. The van der Waals surface area contributed by atoms with Crippen molar-refractivity contribution in [2.24, 2.45) is 0 Å². The van der Waals surface area contributed by atoms with Crippen LogP contribution in [0.25, 0.3) is 0 Å². The van der Waals surface area contributed by atoms with E-state index in [9.17, 15) is 4.21 Å². The van der Waals surface area contributed by atoms with Crippen molar-refractivity contribution in [1.82, 2.24) is 0 Å². The fourth-order valence-corrected chi connectivity index (χ4v) is 2.23. The van der Waals surface area contributed by atoms with Gasteiger partial charge in [-0.25, -0.2) is 0 Å². The summed E-state index contributed by atoms with van der Waals surface area (Å²) in [5, 5.41) is 0. The monoisotopic (exact) mass is 222 g/mol. The molecule has 0 amide bonds. The van der Waals surface area contributed by atoms with E-state index in [2.05, 4.69) is 5.92 Å². The van der Waals surface area contributed by atoms with Gasteiger partial charge in [0.1, 0.15) is 5.75 Å². The standard InChI is InChI=1S/C12H14O2S/c1-3-4-5-10-15(13)12-8-6-11(14-2)7-9-12/h1,6-9H,4-5,10H2,2H3/t15-/m0/s1. The minimum atomic E-state index is -0.946. The molecule has 1 rings (SSSR count). The van der Waals surface area contributed by atoms with E-state index in [-0.39, 0.29) is 0 Å². The van der Waals surface area contributed by atoms with Crippen LogP contribution in [0.5, 0.6) is 5.75 Å². The molecule has 2 nitrogen and oxygen atoms in total. The maximum atomic E-state index is 11.7. The van der Waals surface area contributed by atoms with Crippen molar-refractivity contribution < 1.29 is 8.95 Å². The molecule has 0 radical (unpaired) electrons. The number of hydrogen-bond acceptors (Lipinski definition) is 2. The molecule has 0 saturated carbocycles. The Morgan fingerprint density at radius 1 is 1.40 bits per heavy atom. The summed E-state index contributed by atoms with van der Waals surface area (Å²) in [6, 6.07) is 7.28. The minimum Gasteiger partial charge on any atom is -0.497 e. The topological polar surface area (TPSA) is 26.3 Å². The van der Waals surface area contributed by atoms with E-state index in [0.717, 1.165) is 17.1 Å². The number of rotatable bonds is 5. The normalized spacial score (nSPS) is 11.7. The molecular formula is C12H14O2S. The number of methoxy groups -OCH3 is 1. The van der Waals surface area contributed by atoms with Crippen molar-refractivity contribution >= 4 is 10.8 Å². The summed E-state index contributed by atoms with van der Waals surface area (Å²) >= 11 is 0. The number of ether oxygens (including phenoxy) is 1. The summed E-state index contributed by atoms with van der Waals surface area (Å²) < 4.78 is 16.7. The highest BCUT2D eigenvalue weighted by molar-refractivity contribution is 7.85. The second-order valence-corrected chi connectivity index (χ2v) is 4.60. The van der Waals surface area contributed by atoms with Crippen molar-refractivity contribution in [1.29, 1.82) is 0 Å². The Morgan fingerprint density at radius 2 is 2.07 bits per heavy atom. The van der Waals surface area contributed by atoms with Crippen LogP contribution in [0.15, 0.2) is 29.2 Å². The van der Waals surface area contributed by atoms with E-state index >= 15 is 0 Å². The lowest BCUT2D eigenvalue weighted by molar-refractivity contribution is 0.414. The second kappa shape index (κ2) is 6.26. The lowest BCUT2D eigenvalue weighted by Crippen LogP contribution is -1.97. The number of terminal acetylenes is 1. The van der Waals surface area contributed by atoms with Crippen LogP contribution >= 0.6 is 0 Å². The first-order chi connectivity index (χ1) is 7.27. The molecule has 0 aliphatic heterocycles. The quantitative estimate of drug-likeness (QED) is 0.564. The van der Waals surface area contributed by atoms with Crippen LogP contribution in [0.3, 0.4) is 0 Å². The fraction of sp³-hybridized carbons (Fsp3) is 0.333. The van der Waals surface area contributed by atoms with Gasteiger partial charge >= 0.3 is 0 Å². The molecule has 1 atom stereocenters. The van der Waals surface area contributed by atoms with Crippen LogP contribution in [0.4, 0.5) is 0 Å². The molecular weight excluding hydrogens is 208 g/mol. The van der Waals surface area contributed by atoms with Crippen LogP contribution in [-0.4, -0.2) is 17.1 Å². The van der Waals surface area contributed by atoms with Crippen molar-refractivity contribution in [2.75, 3.05) is 12.9 Å². The van der Waals surface area contributed by atoms with Gasteiger partial charge in [0.2, 0.25) is 0 Å². The highest BCUT2D eigenvalue weighted by Crippen LogP contribution is 2.14. The van der Waals surface area contributed by atoms with Gasteiger partial charge in [-0.15, -0.1) is 12.3 Å². The molecule has 0 heterocycles. The van der Waals surface area contributed by atoms with Gasteiger partial charge in [-0.05, 0) is 30.7 Å². The van der Waals surface area contributed by atoms with Gasteiger partial charge in [0.25, 0.3) is 0 Å². The van der Waals surface area contributed by atoms with Gasteiger partial charge in [-0.3, -0.25) is 4.21 Å². The molecule has 0 bridgehead atoms. The van der Waals surface area contributed by atoms with Gasteiger partial charge in [0.15, 0.2) is 0 Å². The van der Waals surface area contributed by atoms with E-state index in [4.69, 9.17) is 11.2 Å². The van der Waals surface area contributed by atoms with Crippen LogP contribution < -0.4 is 4.74 Å². The van der Waals surface area contributed by atoms with Crippen LogP contribution in [0, 0.1) is 12.3 Å². The van der Waals surface area contributed by atoms with Crippen LogP contribution in [0.2, 0.25) is 0 Å². The highest BCUT2D eigenvalue weighted by Gasteiger charge is 2.02. The zero-order valence-electron chi connectivity index (χ0n) is 8.73. The summed E-state index contributed by atoms with van der Waals surface area (Å²) in [6.07, 6.45) is 6.61. The summed E-state index contributed by atoms with van der Waals surface area (Å²) in [7, 11) is 0.664. The highest BCUT2D eigenvalue weighted by atomic mass is 32.2. The second-order valence-electron chi connectivity index (χ2n) is 3.03. The molecule has 0 N–H and O–H groups in total. The number of unbranched alkanes of at least 4 members (excludes halogenated alkanes) is 1. The zero-order valence-corrected chi connectivity index (χ0v) is 9.55. The van der Waals surface area contributed by atoms with Crippen LogP contribution in [-0.2, 0) is 10.8 Å². The predicted molar refractivity (Wildman–Crippen MR) is 62.3 cm³/mol. The summed E-state index contributed by atoms with van der Waals surface area (Å²) in [5.74, 6) is 3.94. The largest absolute Gasteiger partial charge is 0.497 e. The molecule has 3 heteroatoms. The molecule has 15 heavy (non-hydrogen) atoms. The third kappa shape index (κ3) is 3.77. The Kier molecular flexibility index (Phi) is 4.92. The van der Waals surface area contributed by atoms with E-state index in [1.54, 1.807) is 7.11 Å². The average Bonchev–Trinajstić information content (AvgIpc) is 2.29. The van der Waals surface area contributed by atoms with Crippen molar-refractivity contribution in [3.8, 4) is 18.1 Å². The maximum Gasteiger partial charge on any atom is 0.118 e. The van der Waals surface area contributed by atoms with E-state index in [1.165, 1.54) is 0 Å². The lowest BCUT2D eigenvalue weighted by atomic mass is 10.3. The number of hydrogen-bond donors (Lipinski definition) is 0. The van der Waals surface area contributed by atoms with Crippen molar-refractivity contribution in [3.05, 3.63) is 24.3 Å². The van der Waals surface area contributed by atoms with E-state index in [0.29, 0.717) is 12.2 Å². The van der Waals surface area contributed by atoms with E-state index < -0.39 is 10.8 Å². The minimum absolute atomic E-state index is 0.622. The maximum absolute atomic E-state index is 11.7. The molecule has 0 aliphatic carbocycles. The molecule has 0 fully saturated rings. The molecule has 1 aromatic carbocycles. The zero-order chi connectivity index (χ0) is 11.1. The Morgan fingerprint density at radius 3 is 2.60 bits per heavy atom. The van der Waals surface area contributed by atoms with Gasteiger partial charge in [-0.1, -0.05) is 0 Å². The molecule has 80 valence electrons. The first-order valence-corrected chi connectivity index (χ1v) is 6.05. The Bertz CT molecular complexity index is 362. The summed E-state index contributed by atoms with van der Waals surface area (Å²) in [6.45, 7) is 0. The SMILES string of the molecule is C#CCCC[S@](=O)c1ccc(OC)cc1. The Hall–Kier alpha value is -1.27. The van der Waals surface area contributed by atoms with Crippen molar-refractivity contribution in [2.45, 2.75) is 17.7 Å².